The molecule has 1 fully saturated rings. The van der Waals surface area contributed by atoms with Gasteiger partial charge in [-0.3, -0.25) is 9.59 Å². The summed E-state index contributed by atoms with van der Waals surface area (Å²) in [7, 11) is 0. The molecular formula is C25H22N4O4S. The number of rotatable bonds is 7. The molecule has 0 unspecified atom stereocenters. The van der Waals surface area contributed by atoms with E-state index in [0.29, 0.717) is 40.0 Å². The lowest BCUT2D eigenvalue weighted by molar-refractivity contribution is -0.117. The van der Waals surface area contributed by atoms with Gasteiger partial charge < -0.3 is 13.7 Å². The largest absolute Gasteiger partial charge is 0.460 e. The van der Waals surface area contributed by atoms with Gasteiger partial charge in [0.1, 0.15) is 17.2 Å². The van der Waals surface area contributed by atoms with Crippen molar-refractivity contribution in [3.63, 3.8) is 0 Å². The number of aromatic nitrogens is 3. The summed E-state index contributed by atoms with van der Waals surface area (Å²) in [4.78, 5) is 31.1. The highest BCUT2D eigenvalue weighted by Crippen LogP contribution is 2.32. The van der Waals surface area contributed by atoms with Gasteiger partial charge in [-0.25, -0.2) is 4.98 Å². The van der Waals surface area contributed by atoms with Crippen molar-refractivity contribution < 1.29 is 18.4 Å². The van der Waals surface area contributed by atoms with Crippen LogP contribution in [-0.4, -0.2) is 39.2 Å². The third-order valence-electron chi connectivity index (χ3n) is 5.52. The SMILES string of the molecule is Cc1ccc(-c2nnc(SCC(=O)c3ccc(N4CCCC4=O)cc3)nc2-c2ccc(C)o2)o1. The molecule has 0 N–H and O–H groups in total. The molecule has 0 radical (unpaired) electrons. The van der Waals surface area contributed by atoms with E-state index >= 15 is 0 Å². The molecular weight excluding hydrogens is 452 g/mol. The molecule has 1 aromatic carbocycles. The molecule has 34 heavy (non-hydrogen) atoms. The first kappa shape index (κ1) is 22.1. The van der Waals surface area contributed by atoms with Crippen LogP contribution >= 0.6 is 11.8 Å². The average molecular weight is 475 g/mol. The van der Waals surface area contributed by atoms with Gasteiger partial charge in [-0.05, 0) is 68.8 Å². The number of amides is 1. The zero-order valence-electron chi connectivity index (χ0n) is 18.8. The minimum atomic E-state index is -0.0611. The van der Waals surface area contributed by atoms with Gasteiger partial charge in [0.05, 0.1) is 5.75 Å². The van der Waals surface area contributed by atoms with E-state index in [1.807, 2.05) is 50.2 Å². The van der Waals surface area contributed by atoms with Crippen LogP contribution < -0.4 is 4.90 Å². The number of nitrogens with zero attached hydrogens (tertiary/aromatic N) is 4. The second-order valence-electron chi connectivity index (χ2n) is 8.02. The Balaban J connectivity index is 1.33. The molecule has 172 valence electrons. The number of aryl methyl sites for hydroxylation is 2. The molecule has 1 saturated heterocycles. The lowest BCUT2D eigenvalue weighted by atomic mass is 10.1. The summed E-state index contributed by atoms with van der Waals surface area (Å²) < 4.78 is 11.5. The molecule has 9 heteroatoms. The second-order valence-corrected chi connectivity index (χ2v) is 8.96. The fraction of sp³-hybridized carbons (Fsp3) is 0.240. The van der Waals surface area contributed by atoms with Gasteiger partial charge in [0.25, 0.3) is 0 Å². The van der Waals surface area contributed by atoms with Crippen LogP contribution in [0.4, 0.5) is 5.69 Å². The Kier molecular flexibility index (Phi) is 6.02. The number of anilines is 1. The molecule has 1 aliphatic heterocycles. The van der Waals surface area contributed by atoms with E-state index in [2.05, 4.69) is 15.2 Å². The van der Waals surface area contributed by atoms with E-state index in [1.54, 1.807) is 17.0 Å². The summed E-state index contributed by atoms with van der Waals surface area (Å²) in [6.45, 7) is 4.43. The van der Waals surface area contributed by atoms with Gasteiger partial charge in [-0.2, -0.15) is 0 Å². The maximum Gasteiger partial charge on any atom is 0.227 e. The van der Waals surface area contributed by atoms with E-state index in [1.165, 1.54) is 11.8 Å². The van der Waals surface area contributed by atoms with Gasteiger partial charge in [0.15, 0.2) is 23.0 Å². The van der Waals surface area contributed by atoms with E-state index in [9.17, 15) is 9.59 Å². The van der Waals surface area contributed by atoms with Crippen LogP contribution in [0.3, 0.4) is 0 Å². The highest BCUT2D eigenvalue weighted by Gasteiger charge is 2.22. The lowest BCUT2D eigenvalue weighted by Gasteiger charge is -2.15. The van der Waals surface area contributed by atoms with Crippen LogP contribution in [0.1, 0.15) is 34.7 Å². The van der Waals surface area contributed by atoms with Crippen molar-refractivity contribution >= 4 is 29.1 Å². The maximum absolute atomic E-state index is 12.8. The fourth-order valence-electron chi connectivity index (χ4n) is 3.80. The first-order valence-electron chi connectivity index (χ1n) is 10.9. The van der Waals surface area contributed by atoms with Gasteiger partial charge in [0, 0.05) is 24.2 Å². The Bertz CT molecular complexity index is 1360. The van der Waals surface area contributed by atoms with E-state index in [-0.39, 0.29) is 17.4 Å². The van der Waals surface area contributed by atoms with Crippen molar-refractivity contribution in [1.82, 2.24) is 15.2 Å². The number of thioether (sulfide) groups is 1. The molecule has 0 spiro atoms. The van der Waals surface area contributed by atoms with Crippen molar-refractivity contribution in [3.05, 3.63) is 65.6 Å². The number of carbonyl (C=O) groups is 2. The highest BCUT2D eigenvalue weighted by atomic mass is 32.2. The van der Waals surface area contributed by atoms with Crippen molar-refractivity contribution in [3.8, 4) is 22.9 Å². The first-order valence-corrected chi connectivity index (χ1v) is 11.9. The summed E-state index contributed by atoms with van der Waals surface area (Å²) >= 11 is 1.21. The number of hydrogen-bond acceptors (Lipinski definition) is 8. The molecule has 4 aromatic rings. The monoisotopic (exact) mass is 474 g/mol. The van der Waals surface area contributed by atoms with Crippen LogP contribution in [0.25, 0.3) is 22.9 Å². The van der Waals surface area contributed by atoms with Crippen LogP contribution in [0, 0.1) is 13.8 Å². The molecule has 5 rings (SSSR count). The van der Waals surface area contributed by atoms with Gasteiger partial charge in [-0.1, -0.05) is 11.8 Å². The normalized spacial score (nSPS) is 13.6. The molecule has 0 saturated carbocycles. The topological polar surface area (TPSA) is 102 Å². The molecule has 0 bridgehead atoms. The summed E-state index contributed by atoms with van der Waals surface area (Å²) in [5, 5.41) is 8.89. The molecule has 0 atom stereocenters. The smallest absolute Gasteiger partial charge is 0.227 e. The van der Waals surface area contributed by atoms with Crippen LogP contribution in [0.2, 0.25) is 0 Å². The highest BCUT2D eigenvalue weighted by molar-refractivity contribution is 7.99. The number of carbonyl (C=O) groups excluding carboxylic acids is 2. The predicted molar refractivity (Wildman–Crippen MR) is 128 cm³/mol. The minimum Gasteiger partial charge on any atom is -0.460 e. The van der Waals surface area contributed by atoms with Crippen molar-refractivity contribution in [2.45, 2.75) is 31.8 Å². The van der Waals surface area contributed by atoms with Crippen LogP contribution in [0.5, 0.6) is 0 Å². The summed E-state index contributed by atoms with van der Waals surface area (Å²) in [6.07, 6.45) is 1.44. The van der Waals surface area contributed by atoms with Crippen LogP contribution in [-0.2, 0) is 4.79 Å². The Morgan fingerprint density at radius 3 is 2.21 bits per heavy atom. The Morgan fingerprint density at radius 2 is 1.62 bits per heavy atom. The quantitative estimate of drug-likeness (QED) is 0.269. The molecule has 1 amide bonds. The number of ketones is 1. The number of Topliss-reactive ketones (excluding diaryl/α,β-unsaturated/α-hetero) is 1. The zero-order valence-corrected chi connectivity index (χ0v) is 19.6. The third-order valence-corrected chi connectivity index (χ3v) is 6.36. The molecule has 4 heterocycles. The van der Waals surface area contributed by atoms with Crippen LogP contribution in [0.15, 0.2) is 62.5 Å². The van der Waals surface area contributed by atoms with Crippen molar-refractivity contribution in [2.24, 2.45) is 0 Å². The lowest BCUT2D eigenvalue weighted by Crippen LogP contribution is -2.23. The third kappa shape index (κ3) is 4.51. The Hall–Kier alpha value is -3.72. The number of hydrogen-bond donors (Lipinski definition) is 0. The zero-order chi connectivity index (χ0) is 23.7. The Labute approximate surface area is 200 Å². The summed E-state index contributed by atoms with van der Waals surface area (Å²) in [6, 6.07) is 14.5. The van der Waals surface area contributed by atoms with Crippen molar-refractivity contribution in [1.29, 1.82) is 0 Å². The predicted octanol–water partition coefficient (Wildman–Crippen LogP) is 5.11. The van der Waals surface area contributed by atoms with Gasteiger partial charge >= 0.3 is 0 Å². The standard InChI is InChI=1S/C25H22N4O4S/c1-15-5-11-20(32-15)23-24(21-12-6-16(2)33-21)27-28-25(26-23)34-14-19(30)17-7-9-18(10-8-17)29-13-3-4-22(29)31/h5-12H,3-4,13-14H2,1-2H3. The van der Waals surface area contributed by atoms with Gasteiger partial charge in [-0.15, -0.1) is 10.2 Å². The van der Waals surface area contributed by atoms with Gasteiger partial charge in [0.2, 0.25) is 11.1 Å². The maximum atomic E-state index is 12.8. The molecule has 1 aliphatic rings. The number of furan rings is 2. The molecule has 3 aromatic heterocycles. The molecule has 8 nitrogen and oxygen atoms in total. The van der Waals surface area contributed by atoms with E-state index in [4.69, 9.17) is 8.83 Å². The average Bonchev–Trinajstić information content (AvgIpc) is 3.59. The fourth-order valence-corrected chi connectivity index (χ4v) is 4.48. The number of benzene rings is 1. The summed E-state index contributed by atoms with van der Waals surface area (Å²) in [5.41, 5.74) is 2.37. The van der Waals surface area contributed by atoms with E-state index < -0.39 is 0 Å². The summed E-state index contributed by atoms with van der Waals surface area (Å²) in [5.74, 6) is 2.81. The molecule has 0 aliphatic carbocycles. The Morgan fingerprint density at radius 1 is 0.941 bits per heavy atom. The second kappa shape index (κ2) is 9.26. The first-order chi connectivity index (χ1) is 16.5. The van der Waals surface area contributed by atoms with Crippen molar-refractivity contribution in [2.75, 3.05) is 17.2 Å². The van der Waals surface area contributed by atoms with E-state index in [0.717, 1.165) is 30.2 Å². The minimum absolute atomic E-state index is 0.0611.